The summed E-state index contributed by atoms with van der Waals surface area (Å²) in [5.74, 6) is 0. The molecule has 0 unspecified atom stereocenters. The van der Waals surface area contributed by atoms with Crippen molar-refractivity contribution in [2.24, 2.45) is 0 Å². The monoisotopic (exact) mass is 218 g/mol. The summed E-state index contributed by atoms with van der Waals surface area (Å²) in [4.78, 5) is 0. The van der Waals surface area contributed by atoms with Crippen LogP contribution < -0.4 is 0 Å². The van der Waals surface area contributed by atoms with Crippen molar-refractivity contribution >= 4 is 11.6 Å². The van der Waals surface area contributed by atoms with Gasteiger partial charge < -0.3 is 5.11 Å². The van der Waals surface area contributed by atoms with Crippen LogP contribution in [0.25, 0.3) is 0 Å². The Bertz CT molecular complexity index is 122. The highest BCUT2D eigenvalue weighted by molar-refractivity contribution is 6.21. The van der Waals surface area contributed by atoms with E-state index >= 15 is 0 Å². The van der Waals surface area contributed by atoms with Gasteiger partial charge in [-0.05, 0) is 12.8 Å². The maximum absolute atomic E-state index is 9.73. The molecule has 0 heterocycles. The van der Waals surface area contributed by atoms with E-state index in [-0.39, 0.29) is 11.5 Å². The normalized spacial score (nSPS) is 33.0. The minimum atomic E-state index is -0.268. The molecule has 14 heavy (non-hydrogen) atoms. The number of rotatable bonds is 0. The van der Waals surface area contributed by atoms with Crippen LogP contribution in [0.5, 0.6) is 0 Å². The number of aliphatic hydroxyl groups is 1. The summed E-state index contributed by atoms with van der Waals surface area (Å²) in [5.41, 5.74) is 0. The smallest absolute Gasteiger partial charge is 0.0703 e. The van der Waals surface area contributed by atoms with E-state index in [1.165, 1.54) is 44.9 Å². The van der Waals surface area contributed by atoms with Crippen LogP contribution in [0.1, 0.15) is 64.2 Å². The van der Waals surface area contributed by atoms with Gasteiger partial charge in [-0.15, -0.1) is 11.6 Å². The van der Waals surface area contributed by atoms with Gasteiger partial charge in [-0.25, -0.2) is 0 Å². The molecular weight excluding hydrogens is 196 g/mol. The molecule has 0 amide bonds. The first-order valence-electron chi connectivity index (χ1n) is 6.13. The first-order chi connectivity index (χ1) is 6.80. The Morgan fingerprint density at radius 3 is 1.71 bits per heavy atom. The molecule has 0 radical (unpaired) electrons. The largest absolute Gasteiger partial charge is 0.392 e. The standard InChI is InChI=1S/C12H23ClO/c13-11-9-7-5-3-1-2-4-6-8-10-12(11)14/h11-12,14H,1-10H2/t11-,12+/m1/s1. The SMILES string of the molecule is O[C@H]1CCCCCCCCCC[C@H]1Cl. The second kappa shape index (κ2) is 7.53. The fourth-order valence-electron chi connectivity index (χ4n) is 2.13. The fourth-order valence-corrected chi connectivity index (χ4v) is 2.41. The highest BCUT2D eigenvalue weighted by Crippen LogP contribution is 2.20. The number of hydrogen-bond acceptors (Lipinski definition) is 1. The van der Waals surface area contributed by atoms with Gasteiger partial charge in [0.1, 0.15) is 0 Å². The van der Waals surface area contributed by atoms with Gasteiger partial charge in [-0.3, -0.25) is 0 Å². The predicted molar refractivity (Wildman–Crippen MR) is 61.8 cm³/mol. The molecule has 0 aromatic rings. The Balaban J connectivity index is 2.23. The molecule has 0 spiro atoms. The van der Waals surface area contributed by atoms with Gasteiger partial charge in [0.25, 0.3) is 0 Å². The number of hydrogen-bond donors (Lipinski definition) is 1. The molecule has 1 rings (SSSR count). The summed E-state index contributed by atoms with van der Waals surface area (Å²) in [7, 11) is 0. The molecule has 1 saturated carbocycles. The maximum atomic E-state index is 9.73. The Kier molecular flexibility index (Phi) is 6.63. The van der Waals surface area contributed by atoms with Crippen LogP contribution in [0.15, 0.2) is 0 Å². The van der Waals surface area contributed by atoms with Gasteiger partial charge in [0.05, 0.1) is 11.5 Å². The molecule has 0 saturated heterocycles. The van der Waals surface area contributed by atoms with E-state index in [0.717, 1.165) is 19.3 Å². The van der Waals surface area contributed by atoms with Crippen LogP contribution >= 0.6 is 11.6 Å². The average Bonchev–Trinajstić information content (AvgIpc) is 2.18. The molecule has 1 aliphatic rings. The van der Waals surface area contributed by atoms with E-state index in [1.807, 2.05) is 0 Å². The molecule has 2 atom stereocenters. The molecule has 0 aromatic heterocycles. The quantitative estimate of drug-likeness (QED) is 0.612. The van der Waals surface area contributed by atoms with E-state index in [1.54, 1.807) is 0 Å². The third-order valence-corrected chi connectivity index (χ3v) is 3.66. The van der Waals surface area contributed by atoms with Crippen molar-refractivity contribution < 1.29 is 5.11 Å². The van der Waals surface area contributed by atoms with E-state index in [9.17, 15) is 5.11 Å². The molecule has 1 aliphatic carbocycles. The lowest BCUT2D eigenvalue weighted by molar-refractivity contribution is 0.150. The average molecular weight is 219 g/mol. The van der Waals surface area contributed by atoms with Gasteiger partial charge in [-0.1, -0.05) is 51.4 Å². The topological polar surface area (TPSA) is 20.2 Å². The van der Waals surface area contributed by atoms with Gasteiger partial charge in [0.15, 0.2) is 0 Å². The third kappa shape index (κ3) is 5.21. The van der Waals surface area contributed by atoms with Crippen LogP contribution in [0.4, 0.5) is 0 Å². The molecule has 0 aromatic carbocycles. The second-order valence-electron chi connectivity index (χ2n) is 4.49. The first-order valence-corrected chi connectivity index (χ1v) is 6.56. The summed E-state index contributed by atoms with van der Waals surface area (Å²) in [6, 6.07) is 0. The van der Waals surface area contributed by atoms with Crippen molar-refractivity contribution in [3.63, 3.8) is 0 Å². The summed E-state index contributed by atoms with van der Waals surface area (Å²) >= 11 is 6.11. The first kappa shape index (κ1) is 12.3. The van der Waals surface area contributed by atoms with E-state index < -0.39 is 0 Å². The van der Waals surface area contributed by atoms with Crippen LogP contribution in [0.3, 0.4) is 0 Å². The van der Waals surface area contributed by atoms with Crippen LogP contribution in [0.2, 0.25) is 0 Å². The van der Waals surface area contributed by atoms with Gasteiger partial charge >= 0.3 is 0 Å². The van der Waals surface area contributed by atoms with E-state index in [2.05, 4.69) is 0 Å². The van der Waals surface area contributed by atoms with Crippen molar-refractivity contribution in [2.75, 3.05) is 0 Å². The highest BCUT2D eigenvalue weighted by atomic mass is 35.5. The molecule has 0 aliphatic heterocycles. The Morgan fingerprint density at radius 2 is 1.14 bits per heavy atom. The van der Waals surface area contributed by atoms with Crippen molar-refractivity contribution in [1.29, 1.82) is 0 Å². The molecule has 84 valence electrons. The maximum Gasteiger partial charge on any atom is 0.0703 e. The van der Waals surface area contributed by atoms with Crippen LogP contribution in [0, 0.1) is 0 Å². The molecule has 0 bridgehead atoms. The molecule has 1 nitrogen and oxygen atoms in total. The van der Waals surface area contributed by atoms with Crippen molar-refractivity contribution in [3.05, 3.63) is 0 Å². The lowest BCUT2D eigenvalue weighted by atomic mass is 9.99. The summed E-state index contributed by atoms with van der Waals surface area (Å²) in [6.07, 6.45) is 11.9. The zero-order chi connectivity index (χ0) is 10.2. The number of halogens is 1. The van der Waals surface area contributed by atoms with Gasteiger partial charge in [0, 0.05) is 0 Å². The third-order valence-electron chi connectivity index (χ3n) is 3.15. The second-order valence-corrected chi connectivity index (χ2v) is 5.05. The van der Waals surface area contributed by atoms with Crippen LogP contribution in [-0.2, 0) is 0 Å². The number of alkyl halides is 1. The zero-order valence-electron chi connectivity index (χ0n) is 9.05. The highest BCUT2D eigenvalue weighted by Gasteiger charge is 2.15. The van der Waals surface area contributed by atoms with E-state index in [0.29, 0.717) is 0 Å². The summed E-state index contributed by atoms with van der Waals surface area (Å²) < 4.78 is 0. The van der Waals surface area contributed by atoms with Crippen molar-refractivity contribution in [3.8, 4) is 0 Å². The Labute approximate surface area is 92.8 Å². The van der Waals surface area contributed by atoms with Gasteiger partial charge in [0.2, 0.25) is 0 Å². The van der Waals surface area contributed by atoms with Crippen molar-refractivity contribution in [2.45, 2.75) is 75.7 Å². The van der Waals surface area contributed by atoms with Crippen LogP contribution in [-0.4, -0.2) is 16.6 Å². The molecule has 1 fully saturated rings. The molecular formula is C12H23ClO. The lowest BCUT2D eigenvalue weighted by Crippen LogP contribution is -2.20. The van der Waals surface area contributed by atoms with Crippen molar-refractivity contribution in [1.82, 2.24) is 0 Å². The summed E-state index contributed by atoms with van der Waals surface area (Å²) in [5, 5.41) is 9.72. The van der Waals surface area contributed by atoms with E-state index in [4.69, 9.17) is 11.6 Å². The minimum absolute atomic E-state index is 0.00516. The predicted octanol–water partition coefficient (Wildman–Crippen LogP) is 3.87. The number of aliphatic hydroxyl groups excluding tert-OH is 1. The zero-order valence-corrected chi connectivity index (χ0v) is 9.81. The Morgan fingerprint density at radius 1 is 0.714 bits per heavy atom. The fraction of sp³-hybridized carbons (Fsp3) is 1.00. The summed E-state index contributed by atoms with van der Waals surface area (Å²) in [6.45, 7) is 0. The van der Waals surface area contributed by atoms with Gasteiger partial charge in [-0.2, -0.15) is 0 Å². The minimum Gasteiger partial charge on any atom is -0.392 e. The lowest BCUT2D eigenvalue weighted by Gasteiger charge is -2.17. The molecule has 2 heteroatoms. The Hall–Kier alpha value is 0.250. The molecule has 1 N–H and O–H groups in total.